The van der Waals surface area contributed by atoms with Gasteiger partial charge in [-0.05, 0) is 46.2 Å². The molecule has 2 atom stereocenters. The van der Waals surface area contributed by atoms with Crippen LogP contribution in [0.4, 0.5) is 0 Å². The minimum atomic E-state index is 0.624. The lowest BCUT2D eigenvalue weighted by Gasteiger charge is -2.36. The van der Waals surface area contributed by atoms with Gasteiger partial charge < -0.3 is 5.32 Å². The van der Waals surface area contributed by atoms with Gasteiger partial charge in [0.2, 0.25) is 0 Å². The minimum absolute atomic E-state index is 0.624. The summed E-state index contributed by atoms with van der Waals surface area (Å²) in [5.41, 5.74) is 0.624. The second-order valence-electron chi connectivity index (χ2n) is 5.29. The minimum Gasteiger partial charge on any atom is -0.316 e. The predicted molar refractivity (Wildman–Crippen MR) is 60.5 cm³/mol. The van der Waals surface area contributed by atoms with Crippen LogP contribution in [0.2, 0.25) is 0 Å². The molecule has 0 saturated carbocycles. The predicted octanol–water partition coefficient (Wildman–Crippen LogP) is 1.86. The standard InChI is InChI=1S/C12H24N2/c1-4-11-12(5-7-13-9-12)6-8-14(11)10(2)3/h10-11,13H,4-9H2,1-3H3. The van der Waals surface area contributed by atoms with E-state index >= 15 is 0 Å². The van der Waals surface area contributed by atoms with Gasteiger partial charge in [0.1, 0.15) is 0 Å². The molecule has 2 aliphatic heterocycles. The summed E-state index contributed by atoms with van der Waals surface area (Å²) in [6.07, 6.45) is 4.13. The van der Waals surface area contributed by atoms with E-state index in [1.54, 1.807) is 0 Å². The quantitative estimate of drug-likeness (QED) is 0.725. The van der Waals surface area contributed by atoms with Crippen LogP contribution in [0.3, 0.4) is 0 Å². The molecule has 2 aliphatic rings. The lowest BCUT2D eigenvalue weighted by Crippen LogP contribution is -2.43. The zero-order chi connectivity index (χ0) is 10.2. The fourth-order valence-electron chi connectivity index (χ4n) is 3.57. The number of nitrogens with zero attached hydrogens (tertiary/aromatic N) is 1. The van der Waals surface area contributed by atoms with Crippen molar-refractivity contribution in [3.8, 4) is 0 Å². The maximum atomic E-state index is 3.55. The summed E-state index contributed by atoms with van der Waals surface area (Å²) in [7, 11) is 0. The Balaban J connectivity index is 2.13. The fourth-order valence-corrected chi connectivity index (χ4v) is 3.57. The fraction of sp³-hybridized carbons (Fsp3) is 1.00. The van der Waals surface area contributed by atoms with Crippen molar-refractivity contribution in [1.82, 2.24) is 10.2 Å². The molecular weight excluding hydrogens is 172 g/mol. The summed E-state index contributed by atoms with van der Waals surface area (Å²) in [5, 5.41) is 3.55. The van der Waals surface area contributed by atoms with Gasteiger partial charge in [0.05, 0.1) is 0 Å². The lowest BCUT2D eigenvalue weighted by atomic mass is 9.78. The van der Waals surface area contributed by atoms with Crippen LogP contribution in [0.5, 0.6) is 0 Å². The van der Waals surface area contributed by atoms with Gasteiger partial charge in [0, 0.05) is 24.0 Å². The van der Waals surface area contributed by atoms with E-state index in [-0.39, 0.29) is 0 Å². The molecule has 82 valence electrons. The summed E-state index contributed by atoms with van der Waals surface area (Å²) in [4.78, 5) is 2.72. The second kappa shape index (κ2) is 3.82. The molecule has 0 aliphatic carbocycles. The van der Waals surface area contributed by atoms with E-state index in [0.29, 0.717) is 5.41 Å². The van der Waals surface area contributed by atoms with Crippen molar-refractivity contribution in [3.63, 3.8) is 0 Å². The molecule has 0 aromatic heterocycles. The highest BCUT2D eigenvalue weighted by atomic mass is 15.2. The second-order valence-corrected chi connectivity index (χ2v) is 5.29. The van der Waals surface area contributed by atoms with Gasteiger partial charge in [-0.25, -0.2) is 0 Å². The van der Waals surface area contributed by atoms with Crippen LogP contribution in [0.1, 0.15) is 40.0 Å². The summed E-state index contributed by atoms with van der Waals surface area (Å²) in [5.74, 6) is 0. The molecule has 2 heteroatoms. The molecule has 0 amide bonds. The molecule has 0 bridgehead atoms. The molecule has 0 aromatic rings. The van der Waals surface area contributed by atoms with Crippen molar-refractivity contribution in [2.45, 2.75) is 52.1 Å². The van der Waals surface area contributed by atoms with E-state index in [1.165, 1.54) is 38.9 Å². The van der Waals surface area contributed by atoms with Crippen LogP contribution in [0.25, 0.3) is 0 Å². The first-order chi connectivity index (χ1) is 6.69. The highest BCUT2D eigenvalue weighted by Crippen LogP contribution is 2.43. The number of hydrogen-bond acceptors (Lipinski definition) is 2. The van der Waals surface area contributed by atoms with Gasteiger partial charge in [-0.3, -0.25) is 4.90 Å². The largest absolute Gasteiger partial charge is 0.316 e. The van der Waals surface area contributed by atoms with Gasteiger partial charge in [-0.1, -0.05) is 6.92 Å². The zero-order valence-electron chi connectivity index (χ0n) is 9.84. The van der Waals surface area contributed by atoms with Crippen molar-refractivity contribution < 1.29 is 0 Å². The average Bonchev–Trinajstić information content (AvgIpc) is 2.74. The van der Waals surface area contributed by atoms with E-state index in [4.69, 9.17) is 0 Å². The Morgan fingerprint density at radius 1 is 1.43 bits per heavy atom. The Kier molecular flexibility index (Phi) is 2.85. The molecule has 2 rings (SSSR count). The third kappa shape index (κ3) is 1.49. The molecule has 2 saturated heterocycles. The number of rotatable bonds is 2. The summed E-state index contributed by atoms with van der Waals surface area (Å²) >= 11 is 0. The third-order valence-corrected chi connectivity index (χ3v) is 4.30. The topological polar surface area (TPSA) is 15.3 Å². The van der Waals surface area contributed by atoms with Gasteiger partial charge in [-0.15, -0.1) is 0 Å². The monoisotopic (exact) mass is 196 g/mol. The zero-order valence-corrected chi connectivity index (χ0v) is 9.84. The van der Waals surface area contributed by atoms with Crippen molar-refractivity contribution in [2.75, 3.05) is 19.6 Å². The molecule has 2 nitrogen and oxygen atoms in total. The SMILES string of the molecule is CCC1N(C(C)C)CCC12CCNC2. The van der Waals surface area contributed by atoms with E-state index in [9.17, 15) is 0 Å². The third-order valence-electron chi connectivity index (χ3n) is 4.30. The smallest absolute Gasteiger partial charge is 0.0165 e. The summed E-state index contributed by atoms with van der Waals surface area (Å²) in [6, 6.07) is 1.55. The van der Waals surface area contributed by atoms with Crippen LogP contribution in [-0.2, 0) is 0 Å². The molecule has 0 aromatic carbocycles. The van der Waals surface area contributed by atoms with E-state index in [0.717, 1.165) is 12.1 Å². The maximum Gasteiger partial charge on any atom is 0.0165 e. The summed E-state index contributed by atoms with van der Waals surface area (Å²) < 4.78 is 0. The van der Waals surface area contributed by atoms with Crippen molar-refractivity contribution in [2.24, 2.45) is 5.41 Å². The van der Waals surface area contributed by atoms with Gasteiger partial charge in [0.15, 0.2) is 0 Å². The Morgan fingerprint density at radius 3 is 2.71 bits per heavy atom. The highest BCUT2D eigenvalue weighted by Gasteiger charge is 2.48. The summed E-state index contributed by atoms with van der Waals surface area (Å²) in [6.45, 7) is 10.8. The molecule has 1 spiro atoms. The Bertz CT molecular complexity index is 194. The molecule has 14 heavy (non-hydrogen) atoms. The van der Waals surface area contributed by atoms with Crippen molar-refractivity contribution in [3.05, 3.63) is 0 Å². The first kappa shape index (κ1) is 10.4. The molecule has 1 N–H and O–H groups in total. The van der Waals surface area contributed by atoms with Crippen molar-refractivity contribution in [1.29, 1.82) is 0 Å². The van der Waals surface area contributed by atoms with E-state index in [2.05, 4.69) is 31.0 Å². The first-order valence-electron chi connectivity index (χ1n) is 6.16. The maximum absolute atomic E-state index is 3.55. The number of nitrogens with one attached hydrogen (secondary N) is 1. The van der Waals surface area contributed by atoms with Crippen LogP contribution in [0, 0.1) is 5.41 Å². The van der Waals surface area contributed by atoms with Crippen LogP contribution in [-0.4, -0.2) is 36.6 Å². The molecule has 2 unspecified atom stereocenters. The van der Waals surface area contributed by atoms with Crippen LogP contribution in [0.15, 0.2) is 0 Å². The highest BCUT2D eigenvalue weighted by molar-refractivity contribution is 5.03. The Labute approximate surface area is 88.1 Å². The normalized spacial score (nSPS) is 39.0. The molecule has 2 heterocycles. The number of likely N-dealkylation sites (tertiary alicyclic amines) is 1. The van der Waals surface area contributed by atoms with E-state index in [1.807, 2.05) is 0 Å². The van der Waals surface area contributed by atoms with Crippen LogP contribution < -0.4 is 5.32 Å². The molecular formula is C12H24N2. The van der Waals surface area contributed by atoms with Crippen LogP contribution >= 0.6 is 0 Å². The van der Waals surface area contributed by atoms with Gasteiger partial charge in [0.25, 0.3) is 0 Å². The number of hydrogen-bond donors (Lipinski definition) is 1. The van der Waals surface area contributed by atoms with Gasteiger partial charge in [-0.2, -0.15) is 0 Å². The lowest BCUT2D eigenvalue weighted by molar-refractivity contribution is 0.133. The van der Waals surface area contributed by atoms with Gasteiger partial charge >= 0.3 is 0 Å². The van der Waals surface area contributed by atoms with E-state index < -0.39 is 0 Å². The first-order valence-corrected chi connectivity index (χ1v) is 6.16. The Hall–Kier alpha value is -0.0800. The molecule has 0 radical (unpaired) electrons. The average molecular weight is 196 g/mol. The van der Waals surface area contributed by atoms with Crippen molar-refractivity contribution >= 4 is 0 Å². The Morgan fingerprint density at radius 2 is 2.21 bits per heavy atom. The molecule has 2 fully saturated rings.